The van der Waals surface area contributed by atoms with Crippen molar-refractivity contribution in [1.29, 1.82) is 0 Å². The molecule has 0 aromatic heterocycles. The molecular weight excluding hydrogens is 233 g/mol. The Morgan fingerprint density at radius 1 is 1.17 bits per heavy atom. The van der Waals surface area contributed by atoms with E-state index in [0.717, 1.165) is 39.4 Å². The first-order valence-corrected chi connectivity index (χ1v) is 6.62. The van der Waals surface area contributed by atoms with E-state index in [1.54, 1.807) is 0 Å². The molecular formula is C13H20FN3O. The van der Waals surface area contributed by atoms with Gasteiger partial charge in [0.25, 0.3) is 0 Å². The number of allylic oxidation sites excluding steroid dienone is 1. The van der Waals surface area contributed by atoms with Gasteiger partial charge in [0.1, 0.15) is 5.83 Å². The monoisotopic (exact) mass is 253 g/mol. The Kier molecular flexibility index (Phi) is 3.37. The van der Waals surface area contributed by atoms with Crippen molar-refractivity contribution >= 4 is 0 Å². The molecule has 0 saturated carbocycles. The second-order valence-electron chi connectivity index (χ2n) is 5.25. The van der Waals surface area contributed by atoms with Gasteiger partial charge in [0.15, 0.2) is 0 Å². The van der Waals surface area contributed by atoms with Crippen molar-refractivity contribution in [3.8, 4) is 0 Å². The average Bonchev–Trinajstić information content (AvgIpc) is 2.28. The molecule has 18 heavy (non-hydrogen) atoms. The molecule has 100 valence electrons. The second-order valence-corrected chi connectivity index (χ2v) is 5.25. The minimum atomic E-state index is -0.0999. The quantitative estimate of drug-likeness (QED) is 0.777. The van der Waals surface area contributed by atoms with E-state index in [2.05, 4.69) is 9.80 Å². The van der Waals surface area contributed by atoms with Crippen molar-refractivity contribution in [1.82, 2.24) is 9.80 Å². The molecule has 2 N–H and O–H groups in total. The number of rotatable bonds is 2. The maximum absolute atomic E-state index is 13.9. The van der Waals surface area contributed by atoms with Crippen molar-refractivity contribution in [3.05, 3.63) is 23.7 Å². The Balaban J connectivity index is 1.55. The van der Waals surface area contributed by atoms with Gasteiger partial charge in [0, 0.05) is 31.9 Å². The molecule has 0 amide bonds. The fourth-order valence-electron chi connectivity index (χ4n) is 2.85. The van der Waals surface area contributed by atoms with Crippen LogP contribution in [-0.2, 0) is 4.74 Å². The van der Waals surface area contributed by atoms with Crippen LogP contribution in [0.4, 0.5) is 4.39 Å². The lowest BCUT2D eigenvalue weighted by molar-refractivity contribution is -0.0791. The molecule has 0 aromatic carbocycles. The van der Waals surface area contributed by atoms with E-state index in [0.29, 0.717) is 18.2 Å². The molecule has 1 aliphatic carbocycles. The molecule has 1 atom stereocenters. The molecule has 4 nitrogen and oxygen atoms in total. The van der Waals surface area contributed by atoms with Crippen LogP contribution in [0.25, 0.3) is 0 Å². The van der Waals surface area contributed by atoms with E-state index in [1.165, 1.54) is 6.08 Å². The summed E-state index contributed by atoms with van der Waals surface area (Å²) in [5.74, 6) is -0.0876. The maximum Gasteiger partial charge on any atom is 0.119 e. The summed E-state index contributed by atoms with van der Waals surface area (Å²) in [5.41, 5.74) is 6.16. The highest BCUT2D eigenvalue weighted by molar-refractivity contribution is 5.26. The molecule has 2 saturated heterocycles. The second kappa shape index (κ2) is 4.99. The van der Waals surface area contributed by atoms with Crippen molar-refractivity contribution in [3.63, 3.8) is 0 Å². The Bertz CT molecular complexity index is 370. The smallest absolute Gasteiger partial charge is 0.119 e. The highest BCUT2D eigenvalue weighted by Gasteiger charge is 2.32. The van der Waals surface area contributed by atoms with Crippen LogP contribution in [0, 0.1) is 0 Å². The molecule has 2 aliphatic heterocycles. The highest BCUT2D eigenvalue weighted by atomic mass is 19.1. The summed E-state index contributed by atoms with van der Waals surface area (Å²) in [6.45, 7) is 5.59. The molecule has 3 aliphatic rings. The summed E-state index contributed by atoms with van der Waals surface area (Å²) in [6, 6.07) is 0.492. The number of hydrogen-bond donors (Lipinski definition) is 1. The summed E-state index contributed by atoms with van der Waals surface area (Å²) in [4.78, 5) is 4.68. The molecule has 2 fully saturated rings. The first-order chi connectivity index (χ1) is 8.74. The van der Waals surface area contributed by atoms with Crippen LogP contribution in [0.3, 0.4) is 0 Å². The van der Waals surface area contributed by atoms with Crippen LogP contribution in [-0.4, -0.2) is 61.3 Å². The fourth-order valence-corrected chi connectivity index (χ4v) is 2.85. The molecule has 0 bridgehead atoms. The maximum atomic E-state index is 13.9. The minimum Gasteiger partial charge on any atom is -0.399 e. The Morgan fingerprint density at radius 2 is 1.83 bits per heavy atom. The lowest BCUT2D eigenvalue weighted by atomic mass is 10.0. The first kappa shape index (κ1) is 12.1. The summed E-state index contributed by atoms with van der Waals surface area (Å²) < 4.78 is 19.1. The van der Waals surface area contributed by atoms with Crippen LogP contribution in [0.2, 0.25) is 0 Å². The number of nitrogens with two attached hydrogens (primary N) is 1. The lowest BCUT2D eigenvalue weighted by Gasteiger charge is -2.44. The normalized spacial score (nSPS) is 31.7. The third-order valence-corrected chi connectivity index (χ3v) is 4.13. The van der Waals surface area contributed by atoms with Gasteiger partial charge in [-0.25, -0.2) is 4.39 Å². The molecule has 5 heteroatoms. The van der Waals surface area contributed by atoms with Crippen LogP contribution in [0.5, 0.6) is 0 Å². The zero-order valence-electron chi connectivity index (χ0n) is 10.5. The van der Waals surface area contributed by atoms with Gasteiger partial charge in [-0.3, -0.25) is 9.80 Å². The van der Waals surface area contributed by atoms with E-state index in [1.807, 2.05) is 6.08 Å². The van der Waals surface area contributed by atoms with Crippen LogP contribution < -0.4 is 5.73 Å². The van der Waals surface area contributed by atoms with E-state index in [-0.39, 0.29) is 11.9 Å². The summed E-state index contributed by atoms with van der Waals surface area (Å²) in [6.07, 6.45) is 4.07. The SMILES string of the molecule is NC1=CCC(N2CCN(C3COC3)CC2)C(F)=C1. The summed E-state index contributed by atoms with van der Waals surface area (Å²) in [5, 5.41) is 0. The molecule has 3 rings (SSSR count). The van der Waals surface area contributed by atoms with Gasteiger partial charge in [0.2, 0.25) is 0 Å². The van der Waals surface area contributed by atoms with Gasteiger partial charge < -0.3 is 10.5 Å². The number of halogens is 1. The Labute approximate surface area is 107 Å². The molecule has 0 spiro atoms. The minimum absolute atomic E-state index is 0.0876. The molecule has 0 aromatic rings. The topological polar surface area (TPSA) is 41.7 Å². The zero-order valence-corrected chi connectivity index (χ0v) is 10.5. The van der Waals surface area contributed by atoms with Gasteiger partial charge in [-0.05, 0) is 12.5 Å². The van der Waals surface area contributed by atoms with Gasteiger partial charge in [-0.2, -0.15) is 0 Å². The van der Waals surface area contributed by atoms with Crippen molar-refractivity contribution in [2.45, 2.75) is 18.5 Å². The van der Waals surface area contributed by atoms with Gasteiger partial charge in [0.05, 0.1) is 25.3 Å². The summed E-state index contributed by atoms with van der Waals surface area (Å²) >= 11 is 0. The third-order valence-electron chi connectivity index (χ3n) is 4.13. The van der Waals surface area contributed by atoms with Gasteiger partial charge in [-0.1, -0.05) is 6.08 Å². The van der Waals surface area contributed by atoms with Crippen molar-refractivity contribution in [2.75, 3.05) is 39.4 Å². The molecule has 0 radical (unpaired) electrons. The first-order valence-electron chi connectivity index (χ1n) is 6.62. The molecule has 1 unspecified atom stereocenters. The van der Waals surface area contributed by atoms with Gasteiger partial charge in [-0.15, -0.1) is 0 Å². The van der Waals surface area contributed by atoms with E-state index < -0.39 is 0 Å². The highest BCUT2D eigenvalue weighted by Crippen LogP contribution is 2.24. The number of nitrogens with zero attached hydrogens (tertiary/aromatic N) is 2. The Morgan fingerprint density at radius 3 is 2.39 bits per heavy atom. The summed E-state index contributed by atoms with van der Waals surface area (Å²) in [7, 11) is 0. The van der Waals surface area contributed by atoms with Crippen molar-refractivity contribution < 1.29 is 9.13 Å². The van der Waals surface area contributed by atoms with E-state index in [4.69, 9.17) is 10.5 Å². The predicted octanol–water partition coefficient (Wildman–Crippen LogP) is 0.471. The van der Waals surface area contributed by atoms with Crippen molar-refractivity contribution in [2.24, 2.45) is 5.73 Å². The van der Waals surface area contributed by atoms with Gasteiger partial charge >= 0.3 is 0 Å². The van der Waals surface area contributed by atoms with Crippen LogP contribution in [0.1, 0.15) is 6.42 Å². The average molecular weight is 253 g/mol. The standard InChI is InChI=1S/C13H20FN3O/c14-12-7-10(15)1-2-13(12)17-5-3-16(4-6-17)11-8-18-9-11/h1,7,11,13H,2-6,8-9,15H2. The number of ether oxygens (including phenoxy) is 1. The number of piperazine rings is 1. The van der Waals surface area contributed by atoms with E-state index >= 15 is 0 Å². The molecule has 2 heterocycles. The third kappa shape index (κ3) is 2.30. The van der Waals surface area contributed by atoms with Crippen LogP contribution >= 0.6 is 0 Å². The van der Waals surface area contributed by atoms with Crippen LogP contribution in [0.15, 0.2) is 23.7 Å². The number of hydrogen-bond acceptors (Lipinski definition) is 4. The lowest BCUT2D eigenvalue weighted by Crippen LogP contribution is -2.58. The van der Waals surface area contributed by atoms with E-state index in [9.17, 15) is 4.39 Å². The largest absolute Gasteiger partial charge is 0.399 e. The predicted molar refractivity (Wildman–Crippen MR) is 67.6 cm³/mol. The Hall–Kier alpha value is -0.910. The zero-order chi connectivity index (χ0) is 12.5. The fraction of sp³-hybridized carbons (Fsp3) is 0.692.